The third kappa shape index (κ3) is 4.54. The van der Waals surface area contributed by atoms with Crippen LogP contribution in [0.15, 0.2) is 35.1 Å². The molecule has 0 aliphatic carbocycles. The Bertz CT molecular complexity index is 1040. The number of hydrogen-bond donors (Lipinski definition) is 2. The van der Waals surface area contributed by atoms with Gasteiger partial charge in [0, 0.05) is 24.7 Å². The Balaban J connectivity index is 0.000000282. The summed E-state index contributed by atoms with van der Waals surface area (Å²) in [4.78, 5) is 10.5. The van der Waals surface area contributed by atoms with E-state index in [9.17, 15) is 18.0 Å². The van der Waals surface area contributed by atoms with Gasteiger partial charge in [-0.15, -0.1) is 10.2 Å². The summed E-state index contributed by atoms with van der Waals surface area (Å²) in [6, 6.07) is 4.86. The monoisotopic (exact) mass is 434 g/mol. The molecule has 0 radical (unpaired) electrons. The van der Waals surface area contributed by atoms with Crippen LogP contribution in [0, 0.1) is 5.92 Å². The van der Waals surface area contributed by atoms with E-state index in [1.54, 1.807) is 0 Å². The van der Waals surface area contributed by atoms with E-state index in [0.717, 1.165) is 50.2 Å². The van der Waals surface area contributed by atoms with Crippen LogP contribution in [0.2, 0.25) is 0 Å². The van der Waals surface area contributed by atoms with Crippen LogP contribution < -0.4 is 10.6 Å². The number of benzene rings is 1. The fraction of sp³-hybridized carbons (Fsp3) is 0.400. The van der Waals surface area contributed by atoms with Gasteiger partial charge in [0.2, 0.25) is 12.3 Å². The largest absolute Gasteiger partial charge is 0.422 e. The molecule has 164 valence electrons. The van der Waals surface area contributed by atoms with E-state index in [4.69, 9.17) is 4.42 Å². The zero-order valence-electron chi connectivity index (χ0n) is 16.7. The molecule has 4 heterocycles. The van der Waals surface area contributed by atoms with Gasteiger partial charge in [0.15, 0.2) is 5.69 Å². The molecule has 2 aromatic heterocycles. The van der Waals surface area contributed by atoms with Gasteiger partial charge >= 0.3 is 6.18 Å². The summed E-state index contributed by atoms with van der Waals surface area (Å²) in [7, 11) is 0. The Morgan fingerprint density at radius 3 is 2.58 bits per heavy atom. The van der Waals surface area contributed by atoms with Gasteiger partial charge in [-0.2, -0.15) is 18.3 Å². The Kier molecular flexibility index (Phi) is 5.66. The number of anilines is 2. The highest BCUT2D eigenvalue weighted by Gasteiger charge is 2.30. The number of rotatable bonds is 3. The minimum Gasteiger partial charge on any atom is -0.422 e. The molecule has 31 heavy (non-hydrogen) atoms. The van der Waals surface area contributed by atoms with Crippen LogP contribution in [-0.4, -0.2) is 32.4 Å². The third-order valence-electron chi connectivity index (χ3n) is 5.21. The summed E-state index contributed by atoms with van der Waals surface area (Å²) in [5, 5.41) is 17.9. The summed E-state index contributed by atoms with van der Waals surface area (Å²) in [6.45, 7) is 3.60. The maximum Gasteiger partial charge on any atom is 0.416 e. The zero-order chi connectivity index (χ0) is 22.0. The highest BCUT2D eigenvalue weighted by Crippen LogP contribution is 2.36. The summed E-state index contributed by atoms with van der Waals surface area (Å²) < 4.78 is 45.1. The zero-order valence-corrected chi connectivity index (χ0v) is 16.7. The molecule has 0 bridgehead atoms. The lowest BCUT2D eigenvalue weighted by atomic mass is 10.1. The van der Waals surface area contributed by atoms with Crippen molar-refractivity contribution in [3.63, 3.8) is 0 Å². The predicted molar refractivity (Wildman–Crippen MR) is 105 cm³/mol. The fourth-order valence-electron chi connectivity index (χ4n) is 3.49. The fourth-order valence-corrected chi connectivity index (χ4v) is 3.49. The van der Waals surface area contributed by atoms with Crippen LogP contribution in [-0.2, 0) is 23.9 Å². The molecule has 0 saturated carbocycles. The molecular weight excluding hydrogens is 413 g/mol. The van der Waals surface area contributed by atoms with E-state index >= 15 is 0 Å². The maximum absolute atomic E-state index is 12.7. The molecular formula is C20H21F3N6O2. The van der Waals surface area contributed by atoms with Crippen molar-refractivity contribution in [2.75, 3.05) is 11.9 Å². The van der Waals surface area contributed by atoms with Crippen molar-refractivity contribution in [1.29, 1.82) is 0 Å². The van der Waals surface area contributed by atoms with Gasteiger partial charge in [-0.1, -0.05) is 6.92 Å². The van der Waals surface area contributed by atoms with E-state index in [-0.39, 0.29) is 17.7 Å². The Morgan fingerprint density at radius 2 is 2.03 bits per heavy atom. The van der Waals surface area contributed by atoms with E-state index < -0.39 is 11.7 Å². The van der Waals surface area contributed by atoms with E-state index in [1.807, 2.05) is 11.6 Å². The number of halogens is 3. The lowest BCUT2D eigenvalue weighted by Gasteiger charge is -2.10. The van der Waals surface area contributed by atoms with Crippen molar-refractivity contribution < 1.29 is 22.4 Å². The standard InChI is InChI=1S/C15H12F3N5O.C5H9NO/c16-15(17,18)9-3-5-10(6-4-9)20-12-11-2-1-7-23(11)22-13(12)14-21-19-8-24-14;1-4-2-3-6-5(4)7/h3-6,8,20H,1-2,7H2;4H,2-3H2,1H3,(H,6,7). The van der Waals surface area contributed by atoms with E-state index in [0.29, 0.717) is 17.1 Å². The Hall–Kier alpha value is -3.37. The Labute approximate surface area is 175 Å². The number of amides is 1. The molecule has 1 atom stereocenters. The SMILES string of the molecule is CC1CCNC1=O.FC(F)(F)c1ccc(Nc2c(-c3nnco3)nn3c2CCC3)cc1. The van der Waals surface area contributed by atoms with Crippen LogP contribution in [0.1, 0.15) is 31.0 Å². The van der Waals surface area contributed by atoms with Crippen LogP contribution in [0.25, 0.3) is 11.6 Å². The topological polar surface area (TPSA) is 97.9 Å². The molecule has 3 aromatic rings. The second kappa shape index (κ2) is 8.40. The lowest BCUT2D eigenvalue weighted by Crippen LogP contribution is -2.16. The number of carbonyl (C=O) groups is 1. The number of carbonyl (C=O) groups excluding carboxylic acids is 1. The molecule has 1 amide bonds. The van der Waals surface area contributed by atoms with Crippen LogP contribution in [0.4, 0.5) is 24.5 Å². The first-order valence-corrected chi connectivity index (χ1v) is 9.91. The summed E-state index contributed by atoms with van der Waals surface area (Å²) in [5.41, 5.74) is 2.01. The minimum atomic E-state index is -4.35. The molecule has 1 aromatic carbocycles. The highest BCUT2D eigenvalue weighted by molar-refractivity contribution is 5.80. The molecule has 5 rings (SSSR count). The second-order valence-corrected chi connectivity index (χ2v) is 7.42. The molecule has 1 saturated heterocycles. The van der Waals surface area contributed by atoms with Crippen molar-refractivity contribution in [3.8, 4) is 11.6 Å². The normalized spacial score (nSPS) is 17.7. The van der Waals surface area contributed by atoms with Crippen molar-refractivity contribution in [3.05, 3.63) is 41.9 Å². The average Bonchev–Trinajstić information content (AvgIpc) is 3.50. The minimum absolute atomic E-state index is 0.208. The van der Waals surface area contributed by atoms with Crippen LogP contribution in [0.5, 0.6) is 0 Å². The first-order valence-electron chi connectivity index (χ1n) is 9.91. The van der Waals surface area contributed by atoms with E-state index in [1.165, 1.54) is 18.5 Å². The molecule has 0 spiro atoms. The number of fused-ring (bicyclic) bond motifs is 1. The lowest BCUT2D eigenvalue weighted by molar-refractivity contribution is -0.137. The van der Waals surface area contributed by atoms with Crippen molar-refractivity contribution in [1.82, 2.24) is 25.3 Å². The molecule has 2 N–H and O–H groups in total. The second-order valence-electron chi connectivity index (χ2n) is 7.42. The van der Waals surface area contributed by atoms with Gasteiger partial charge in [-0.05, 0) is 43.5 Å². The van der Waals surface area contributed by atoms with Gasteiger partial charge in [0.1, 0.15) is 0 Å². The quantitative estimate of drug-likeness (QED) is 0.651. The predicted octanol–water partition coefficient (Wildman–Crippen LogP) is 3.78. The number of hydrogen-bond acceptors (Lipinski definition) is 6. The molecule has 1 fully saturated rings. The number of nitrogens with one attached hydrogen (secondary N) is 2. The van der Waals surface area contributed by atoms with Crippen LogP contribution >= 0.6 is 0 Å². The van der Waals surface area contributed by atoms with Crippen molar-refractivity contribution in [2.45, 2.75) is 38.9 Å². The number of aromatic nitrogens is 4. The molecule has 11 heteroatoms. The van der Waals surface area contributed by atoms with Gasteiger partial charge in [-0.3, -0.25) is 9.48 Å². The molecule has 2 aliphatic heterocycles. The molecule has 2 aliphatic rings. The van der Waals surface area contributed by atoms with Crippen molar-refractivity contribution in [2.24, 2.45) is 5.92 Å². The molecule has 1 unspecified atom stereocenters. The van der Waals surface area contributed by atoms with E-state index in [2.05, 4.69) is 25.9 Å². The summed E-state index contributed by atoms with van der Waals surface area (Å²) in [5.74, 6) is 0.742. The smallest absolute Gasteiger partial charge is 0.416 e. The van der Waals surface area contributed by atoms with Gasteiger partial charge in [-0.25, -0.2) is 0 Å². The van der Waals surface area contributed by atoms with Gasteiger partial charge < -0.3 is 15.1 Å². The van der Waals surface area contributed by atoms with Crippen molar-refractivity contribution >= 4 is 17.3 Å². The summed E-state index contributed by atoms with van der Waals surface area (Å²) >= 11 is 0. The average molecular weight is 434 g/mol. The molecule has 8 nitrogen and oxygen atoms in total. The third-order valence-corrected chi connectivity index (χ3v) is 5.21. The Morgan fingerprint density at radius 1 is 1.26 bits per heavy atom. The van der Waals surface area contributed by atoms with Gasteiger partial charge in [0.05, 0.1) is 16.9 Å². The number of alkyl halides is 3. The highest BCUT2D eigenvalue weighted by atomic mass is 19.4. The van der Waals surface area contributed by atoms with Crippen LogP contribution in [0.3, 0.4) is 0 Å². The van der Waals surface area contributed by atoms with Gasteiger partial charge in [0.25, 0.3) is 5.89 Å². The first kappa shape index (κ1) is 20.9. The maximum atomic E-state index is 12.7. The number of nitrogens with zero attached hydrogens (tertiary/aromatic N) is 4. The summed E-state index contributed by atoms with van der Waals surface area (Å²) in [6.07, 6.45) is -0.342. The first-order chi connectivity index (χ1) is 14.8. The number of aryl methyl sites for hydroxylation is 1.